The van der Waals surface area contributed by atoms with E-state index in [0.717, 1.165) is 12.8 Å². The number of piperidine rings is 1. The lowest BCUT2D eigenvalue weighted by Crippen LogP contribution is -2.49. The molecule has 1 spiro atoms. The smallest absolute Gasteiger partial charge is 0.410 e. The number of hydrogen-bond donors (Lipinski definition) is 0. The third-order valence-electron chi connectivity index (χ3n) is 5.51. The Hall–Kier alpha value is -2.05. The van der Waals surface area contributed by atoms with Gasteiger partial charge in [-0.15, -0.1) is 0 Å². The number of likely N-dealkylation sites (tertiary alicyclic amines) is 1. The molecule has 0 bridgehead atoms. The summed E-state index contributed by atoms with van der Waals surface area (Å²) >= 11 is 0. The standard InChI is InChI=1S/C19H29N3O4/c1-5-6-14(4)22-12-19(25-18(22)24)7-9-21(10-8-19)17(23)15-11-16(13(2)3)26-20-15/h11,13-14H,5-10,12H2,1-4H3/t14-/m1/s1. The fraction of sp³-hybridized carbons (Fsp3) is 0.737. The van der Waals surface area contributed by atoms with E-state index < -0.39 is 5.60 Å². The maximum Gasteiger partial charge on any atom is 0.410 e. The lowest BCUT2D eigenvalue weighted by Gasteiger charge is -2.37. The summed E-state index contributed by atoms with van der Waals surface area (Å²) in [6, 6.07) is 1.91. The summed E-state index contributed by atoms with van der Waals surface area (Å²) in [4.78, 5) is 28.5. The van der Waals surface area contributed by atoms with Crippen LogP contribution in [-0.4, -0.2) is 58.2 Å². The van der Waals surface area contributed by atoms with Gasteiger partial charge in [0, 0.05) is 44.0 Å². The van der Waals surface area contributed by atoms with Crippen LogP contribution in [0, 0.1) is 0 Å². The summed E-state index contributed by atoms with van der Waals surface area (Å²) in [5.74, 6) is 0.797. The molecule has 7 heteroatoms. The van der Waals surface area contributed by atoms with Crippen LogP contribution in [-0.2, 0) is 4.74 Å². The van der Waals surface area contributed by atoms with Crippen molar-refractivity contribution in [3.8, 4) is 0 Å². The van der Waals surface area contributed by atoms with Crippen molar-refractivity contribution in [2.75, 3.05) is 19.6 Å². The van der Waals surface area contributed by atoms with Crippen molar-refractivity contribution in [3.63, 3.8) is 0 Å². The normalized spacial score (nSPS) is 20.7. The fourth-order valence-corrected chi connectivity index (χ4v) is 3.76. The van der Waals surface area contributed by atoms with Crippen molar-refractivity contribution in [2.45, 2.75) is 70.9 Å². The first-order valence-electron chi connectivity index (χ1n) is 9.60. The molecule has 26 heavy (non-hydrogen) atoms. The first-order valence-corrected chi connectivity index (χ1v) is 9.60. The lowest BCUT2D eigenvalue weighted by atomic mass is 9.90. The summed E-state index contributed by atoms with van der Waals surface area (Å²) in [6.45, 7) is 9.93. The third-order valence-corrected chi connectivity index (χ3v) is 5.51. The van der Waals surface area contributed by atoms with Crippen LogP contribution in [0.5, 0.6) is 0 Å². The minimum Gasteiger partial charge on any atom is -0.441 e. The molecule has 1 aromatic rings. The highest BCUT2D eigenvalue weighted by Gasteiger charge is 2.48. The predicted molar refractivity (Wildman–Crippen MR) is 96.0 cm³/mol. The van der Waals surface area contributed by atoms with E-state index in [1.165, 1.54) is 0 Å². The molecular weight excluding hydrogens is 334 g/mol. The van der Waals surface area contributed by atoms with Crippen LogP contribution in [0.1, 0.15) is 75.5 Å². The SMILES string of the molecule is CCC[C@@H](C)N1CC2(CCN(C(=O)c3cc(C(C)C)on3)CC2)OC1=O. The van der Waals surface area contributed by atoms with Gasteiger partial charge in [-0.2, -0.15) is 0 Å². The molecule has 0 radical (unpaired) electrons. The number of rotatable bonds is 5. The zero-order valence-electron chi connectivity index (χ0n) is 16.2. The van der Waals surface area contributed by atoms with Crippen LogP contribution >= 0.6 is 0 Å². The molecule has 0 aliphatic carbocycles. The summed E-state index contributed by atoms with van der Waals surface area (Å²) < 4.78 is 11.0. The molecular formula is C19H29N3O4. The van der Waals surface area contributed by atoms with Crippen LogP contribution in [0.4, 0.5) is 4.79 Å². The van der Waals surface area contributed by atoms with Gasteiger partial charge in [-0.05, 0) is 13.3 Å². The van der Waals surface area contributed by atoms with E-state index in [1.54, 1.807) is 11.0 Å². The van der Waals surface area contributed by atoms with E-state index in [0.29, 0.717) is 43.9 Å². The van der Waals surface area contributed by atoms with E-state index >= 15 is 0 Å². The molecule has 1 aromatic heterocycles. The third kappa shape index (κ3) is 3.57. The fourth-order valence-electron chi connectivity index (χ4n) is 3.76. The van der Waals surface area contributed by atoms with Gasteiger partial charge in [0.2, 0.25) is 0 Å². The minimum atomic E-state index is -0.456. The van der Waals surface area contributed by atoms with Crippen LogP contribution in [0.25, 0.3) is 0 Å². The molecule has 3 rings (SSSR count). The number of hydrogen-bond acceptors (Lipinski definition) is 5. The molecule has 7 nitrogen and oxygen atoms in total. The Kier molecular flexibility index (Phi) is 5.25. The Balaban J connectivity index is 1.60. The highest BCUT2D eigenvalue weighted by atomic mass is 16.6. The Morgan fingerprint density at radius 1 is 1.31 bits per heavy atom. The van der Waals surface area contributed by atoms with Gasteiger partial charge in [-0.25, -0.2) is 4.79 Å². The Labute approximate surface area is 154 Å². The molecule has 0 saturated carbocycles. The van der Waals surface area contributed by atoms with Gasteiger partial charge in [0.05, 0.1) is 6.54 Å². The molecule has 0 aromatic carbocycles. The number of ether oxygens (including phenoxy) is 1. The van der Waals surface area contributed by atoms with Gasteiger partial charge < -0.3 is 19.1 Å². The van der Waals surface area contributed by atoms with E-state index in [-0.39, 0.29) is 24.0 Å². The molecule has 0 N–H and O–H groups in total. The first kappa shape index (κ1) is 18.7. The summed E-state index contributed by atoms with van der Waals surface area (Å²) in [5.41, 5.74) is -0.103. The zero-order valence-corrected chi connectivity index (χ0v) is 16.2. The number of nitrogens with zero attached hydrogens (tertiary/aromatic N) is 3. The number of amides is 2. The number of carbonyl (C=O) groups excluding carboxylic acids is 2. The first-order chi connectivity index (χ1) is 12.3. The van der Waals surface area contributed by atoms with Crippen molar-refractivity contribution in [2.24, 2.45) is 0 Å². The maximum atomic E-state index is 12.6. The molecule has 2 saturated heterocycles. The van der Waals surface area contributed by atoms with Gasteiger partial charge in [-0.3, -0.25) is 4.79 Å². The summed E-state index contributed by atoms with van der Waals surface area (Å²) in [6.07, 6.45) is 3.11. The monoisotopic (exact) mass is 363 g/mol. The van der Waals surface area contributed by atoms with Gasteiger partial charge in [0.1, 0.15) is 11.4 Å². The Morgan fingerprint density at radius 3 is 2.58 bits per heavy atom. The second kappa shape index (κ2) is 7.29. The van der Waals surface area contributed by atoms with Crippen LogP contribution in [0.3, 0.4) is 0 Å². The molecule has 0 unspecified atom stereocenters. The van der Waals surface area contributed by atoms with Crippen molar-refractivity contribution in [3.05, 3.63) is 17.5 Å². The average molecular weight is 363 g/mol. The topological polar surface area (TPSA) is 75.9 Å². The quantitative estimate of drug-likeness (QED) is 0.801. The molecule has 144 valence electrons. The molecule has 3 heterocycles. The highest BCUT2D eigenvalue weighted by molar-refractivity contribution is 5.92. The number of aromatic nitrogens is 1. The average Bonchev–Trinajstić information content (AvgIpc) is 3.21. The van der Waals surface area contributed by atoms with E-state index in [1.807, 2.05) is 18.7 Å². The van der Waals surface area contributed by atoms with Gasteiger partial charge >= 0.3 is 6.09 Å². The van der Waals surface area contributed by atoms with Gasteiger partial charge in [0.25, 0.3) is 5.91 Å². The predicted octanol–water partition coefficient (Wildman–Crippen LogP) is 3.41. The molecule has 2 aliphatic heterocycles. The van der Waals surface area contributed by atoms with Crippen molar-refractivity contribution >= 4 is 12.0 Å². The maximum absolute atomic E-state index is 12.6. The Morgan fingerprint density at radius 2 is 2.00 bits per heavy atom. The second-order valence-corrected chi connectivity index (χ2v) is 7.88. The zero-order chi connectivity index (χ0) is 18.9. The van der Waals surface area contributed by atoms with E-state index in [9.17, 15) is 9.59 Å². The van der Waals surface area contributed by atoms with Crippen LogP contribution < -0.4 is 0 Å². The van der Waals surface area contributed by atoms with Crippen molar-refractivity contribution in [1.82, 2.24) is 15.0 Å². The molecule has 2 amide bonds. The van der Waals surface area contributed by atoms with Crippen LogP contribution in [0.15, 0.2) is 10.6 Å². The van der Waals surface area contributed by atoms with Crippen LogP contribution in [0.2, 0.25) is 0 Å². The molecule has 2 fully saturated rings. The largest absolute Gasteiger partial charge is 0.441 e. The minimum absolute atomic E-state index is 0.115. The molecule has 2 aliphatic rings. The summed E-state index contributed by atoms with van der Waals surface area (Å²) in [5, 5.41) is 3.91. The van der Waals surface area contributed by atoms with Crippen molar-refractivity contribution in [1.29, 1.82) is 0 Å². The number of carbonyl (C=O) groups is 2. The Bertz CT molecular complexity index is 661. The van der Waals surface area contributed by atoms with E-state index in [4.69, 9.17) is 9.26 Å². The van der Waals surface area contributed by atoms with Gasteiger partial charge in [0.15, 0.2) is 5.69 Å². The molecule has 1 atom stereocenters. The van der Waals surface area contributed by atoms with Gasteiger partial charge in [-0.1, -0.05) is 32.3 Å². The van der Waals surface area contributed by atoms with E-state index in [2.05, 4.69) is 19.0 Å². The van der Waals surface area contributed by atoms with Crippen molar-refractivity contribution < 1.29 is 18.8 Å². The highest BCUT2D eigenvalue weighted by Crippen LogP contribution is 2.35. The lowest BCUT2D eigenvalue weighted by molar-refractivity contribution is 0.00280. The second-order valence-electron chi connectivity index (χ2n) is 7.88. The summed E-state index contributed by atoms with van der Waals surface area (Å²) in [7, 11) is 0.